The number of nitrogens with two attached hydrogens (primary N) is 1. The highest BCUT2D eigenvalue weighted by atomic mass is 32.1. The predicted octanol–water partition coefficient (Wildman–Crippen LogP) is 3.69. The first-order valence-corrected chi connectivity index (χ1v) is 7.26. The smallest absolute Gasteiger partial charge is 0.108 e. The SMILES string of the molecule is CCc1occc1C(N)Cc1nc2ccccc2s1. The lowest BCUT2D eigenvalue weighted by Crippen LogP contribution is -2.14. The lowest BCUT2D eigenvalue weighted by atomic mass is 10.0. The van der Waals surface area contributed by atoms with Gasteiger partial charge in [-0.15, -0.1) is 11.3 Å². The van der Waals surface area contributed by atoms with E-state index in [0.29, 0.717) is 0 Å². The third-order valence-corrected chi connectivity index (χ3v) is 4.29. The second-order valence-electron chi connectivity index (χ2n) is 4.54. The number of aryl methyl sites for hydroxylation is 1. The molecule has 0 amide bonds. The normalized spacial score (nSPS) is 12.9. The van der Waals surface area contributed by atoms with Gasteiger partial charge in [-0.25, -0.2) is 4.98 Å². The molecule has 2 aromatic heterocycles. The lowest BCUT2D eigenvalue weighted by Gasteiger charge is -2.09. The number of fused-ring (bicyclic) bond motifs is 1. The zero-order valence-corrected chi connectivity index (χ0v) is 11.6. The molecule has 0 fully saturated rings. The fraction of sp³-hybridized carbons (Fsp3) is 0.267. The average molecular weight is 272 g/mol. The fourth-order valence-corrected chi connectivity index (χ4v) is 3.30. The minimum Gasteiger partial charge on any atom is -0.469 e. The van der Waals surface area contributed by atoms with E-state index in [0.717, 1.165) is 34.7 Å². The zero-order chi connectivity index (χ0) is 13.2. The second kappa shape index (κ2) is 5.15. The van der Waals surface area contributed by atoms with E-state index in [2.05, 4.69) is 18.0 Å². The maximum atomic E-state index is 6.28. The largest absolute Gasteiger partial charge is 0.469 e. The van der Waals surface area contributed by atoms with Crippen molar-refractivity contribution in [3.8, 4) is 0 Å². The zero-order valence-electron chi connectivity index (χ0n) is 10.8. The summed E-state index contributed by atoms with van der Waals surface area (Å²) < 4.78 is 6.65. The first kappa shape index (κ1) is 12.4. The molecule has 0 aliphatic carbocycles. The van der Waals surface area contributed by atoms with Crippen LogP contribution in [0.25, 0.3) is 10.2 Å². The number of thiazole rings is 1. The minimum absolute atomic E-state index is 0.0470. The molecular weight excluding hydrogens is 256 g/mol. The van der Waals surface area contributed by atoms with Gasteiger partial charge >= 0.3 is 0 Å². The molecule has 3 aromatic rings. The monoisotopic (exact) mass is 272 g/mol. The molecule has 98 valence electrons. The van der Waals surface area contributed by atoms with Gasteiger partial charge in [0.2, 0.25) is 0 Å². The van der Waals surface area contributed by atoms with E-state index in [9.17, 15) is 0 Å². The van der Waals surface area contributed by atoms with E-state index in [1.165, 1.54) is 4.70 Å². The summed E-state index contributed by atoms with van der Waals surface area (Å²) >= 11 is 1.71. The Labute approximate surface area is 116 Å². The van der Waals surface area contributed by atoms with Crippen LogP contribution in [0.15, 0.2) is 41.0 Å². The molecule has 3 rings (SSSR count). The lowest BCUT2D eigenvalue weighted by molar-refractivity contribution is 0.505. The van der Waals surface area contributed by atoms with Gasteiger partial charge < -0.3 is 10.2 Å². The molecule has 19 heavy (non-hydrogen) atoms. The van der Waals surface area contributed by atoms with Gasteiger partial charge in [0.15, 0.2) is 0 Å². The number of benzene rings is 1. The highest BCUT2D eigenvalue weighted by Crippen LogP contribution is 2.27. The number of para-hydroxylation sites is 1. The van der Waals surface area contributed by atoms with Crippen LogP contribution in [0.2, 0.25) is 0 Å². The summed E-state index contributed by atoms with van der Waals surface area (Å²) in [6.45, 7) is 2.08. The minimum atomic E-state index is -0.0470. The highest BCUT2D eigenvalue weighted by molar-refractivity contribution is 7.18. The standard InChI is InChI=1S/C15H16N2OS/c1-2-13-10(7-8-18-13)11(16)9-15-17-12-5-3-4-6-14(12)19-15/h3-8,11H,2,9,16H2,1H3. The number of aromatic nitrogens is 1. The van der Waals surface area contributed by atoms with Gasteiger partial charge in [0.25, 0.3) is 0 Å². The number of furan rings is 1. The van der Waals surface area contributed by atoms with Crippen molar-refractivity contribution in [2.24, 2.45) is 5.73 Å². The van der Waals surface area contributed by atoms with Crippen LogP contribution in [0.4, 0.5) is 0 Å². The van der Waals surface area contributed by atoms with Crippen LogP contribution in [0.3, 0.4) is 0 Å². The van der Waals surface area contributed by atoms with Gasteiger partial charge in [-0.05, 0) is 18.2 Å². The Bertz CT molecular complexity index is 653. The first-order chi connectivity index (χ1) is 9.28. The molecule has 0 spiro atoms. The van der Waals surface area contributed by atoms with Crippen LogP contribution in [0, 0.1) is 0 Å². The third-order valence-electron chi connectivity index (χ3n) is 3.23. The third kappa shape index (κ3) is 2.41. The molecule has 0 aliphatic heterocycles. The van der Waals surface area contributed by atoms with Gasteiger partial charge in [0.05, 0.1) is 21.5 Å². The first-order valence-electron chi connectivity index (χ1n) is 6.44. The second-order valence-corrected chi connectivity index (χ2v) is 5.65. The van der Waals surface area contributed by atoms with E-state index in [1.807, 2.05) is 24.3 Å². The quantitative estimate of drug-likeness (QED) is 0.788. The number of nitrogens with zero attached hydrogens (tertiary/aromatic N) is 1. The predicted molar refractivity (Wildman–Crippen MR) is 78.3 cm³/mol. The van der Waals surface area contributed by atoms with Crippen molar-refractivity contribution in [1.29, 1.82) is 0 Å². The van der Waals surface area contributed by atoms with Crippen molar-refractivity contribution in [2.75, 3.05) is 0 Å². The summed E-state index contributed by atoms with van der Waals surface area (Å²) in [5.41, 5.74) is 8.43. The molecule has 3 nitrogen and oxygen atoms in total. The van der Waals surface area contributed by atoms with Gasteiger partial charge in [-0.3, -0.25) is 0 Å². The summed E-state index contributed by atoms with van der Waals surface area (Å²) in [5.74, 6) is 0.980. The summed E-state index contributed by atoms with van der Waals surface area (Å²) in [6, 6.07) is 10.1. The van der Waals surface area contributed by atoms with E-state index in [-0.39, 0.29) is 6.04 Å². The Balaban J connectivity index is 1.84. The molecule has 1 unspecified atom stereocenters. The van der Waals surface area contributed by atoms with Gasteiger partial charge in [-0.2, -0.15) is 0 Å². The number of rotatable bonds is 4. The molecule has 0 saturated carbocycles. The van der Waals surface area contributed by atoms with E-state index in [1.54, 1.807) is 17.6 Å². The topological polar surface area (TPSA) is 52.0 Å². The van der Waals surface area contributed by atoms with Gasteiger partial charge in [0, 0.05) is 24.4 Å². The summed E-state index contributed by atoms with van der Waals surface area (Å²) in [6.07, 6.45) is 3.34. The molecule has 0 saturated heterocycles. The Morgan fingerprint density at radius 2 is 2.16 bits per heavy atom. The number of hydrogen-bond donors (Lipinski definition) is 1. The van der Waals surface area contributed by atoms with Crippen molar-refractivity contribution in [3.63, 3.8) is 0 Å². The van der Waals surface area contributed by atoms with Crippen molar-refractivity contribution < 1.29 is 4.42 Å². The van der Waals surface area contributed by atoms with Crippen molar-refractivity contribution in [2.45, 2.75) is 25.8 Å². The van der Waals surface area contributed by atoms with Gasteiger partial charge in [-0.1, -0.05) is 19.1 Å². The van der Waals surface area contributed by atoms with Crippen LogP contribution >= 0.6 is 11.3 Å². The van der Waals surface area contributed by atoms with Crippen LogP contribution in [-0.4, -0.2) is 4.98 Å². The van der Waals surface area contributed by atoms with Crippen LogP contribution in [-0.2, 0) is 12.8 Å². The van der Waals surface area contributed by atoms with Crippen molar-refractivity contribution in [1.82, 2.24) is 4.98 Å². The van der Waals surface area contributed by atoms with Gasteiger partial charge in [0.1, 0.15) is 5.76 Å². The average Bonchev–Trinajstić information content (AvgIpc) is 3.03. The Morgan fingerprint density at radius 3 is 2.95 bits per heavy atom. The maximum Gasteiger partial charge on any atom is 0.108 e. The summed E-state index contributed by atoms with van der Waals surface area (Å²) in [7, 11) is 0. The van der Waals surface area contributed by atoms with E-state index < -0.39 is 0 Å². The van der Waals surface area contributed by atoms with Crippen LogP contribution in [0.5, 0.6) is 0 Å². The maximum absolute atomic E-state index is 6.28. The molecular formula is C15H16N2OS. The fourth-order valence-electron chi connectivity index (χ4n) is 2.27. The molecule has 4 heteroatoms. The highest BCUT2D eigenvalue weighted by Gasteiger charge is 2.15. The Morgan fingerprint density at radius 1 is 1.32 bits per heavy atom. The summed E-state index contributed by atoms with van der Waals surface area (Å²) in [4.78, 5) is 4.63. The van der Waals surface area contributed by atoms with Crippen LogP contribution < -0.4 is 5.73 Å². The summed E-state index contributed by atoms with van der Waals surface area (Å²) in [5, 5.41) is 1.08. The molecule has 1 aromatic carbocycles. The van der Waals surface area contributed by atoms with Crippen molar-refractivity contribution in [3.05, 3.63) is 52.9 Å². The molecule has 0 radical (unpaired) electrons. The molecule has 0 aliphatic rings. The molecule has 1 atom stereocenters. The van der Waals surface area contributed by atoms with E-state index in [4.69, 9.17) is 10.2 Å². The molecule has 0 bridgehead atoms. The van der Waals surface area contributed by atoms with E-state index >= 15 is 0 Å². The number of hydrogen-bond acceptors (Lipinski definition) is 4. The Hall–Kier alpha value is -1.65. The molecule has 2 heterocycles. The molecule has 2 N–H and O–H groups in total. The van der Waals surface area contributed by atoms with Crippen molar-refractivity contribution >= 4 is 21.6 Å². The Kier molecular flexibility index (Phi) is 3.36. The van der Waals surface area contributed by atoms with Crippen LogP contribution in [0.1, 0.15) is 29.3 Å².